The first kappa shape index (κ1) is 35.2. The maximum Gasteiger partial charge on any atom is 0.313 e. The number of hydrogen-bond donors (Lipinski definition) is 3. The number of hydrogen-bond acceptors (Lipinski definition) is 7. The molecule has 3 aromatic carbocycles. The summed E-state index contributed by atoms with van der Waals surface area (Å²) in [7, 11) is 0. The molecule has 0 heterocycles. The molecule has 0 bridgehead atoms. The van der Waals surface area contributed by atoms with Gasteiger partial charge < -0.3 is 25.4 Å². The molecule has 0 spiro atoms. The van der Waals surface area contributed by atoms with Crippen molar-refractivity contribution in [2.24, 2.45) is 0 Å². The first-order chi connectivity index (χ1) is 21.8. The lowest BCUT2D eigenvalue weighted by Crippen LogP contribution is -2.52. The molecule has 0 fully saturated rings. The number of esters is 1. The summed E-state index contributed by atoms with van der Waals surface area (Å²) in [4.78, 5) is 63.1. The van der Waals surface area contributed by atoms with Crippen LogP contribution < -0.4 is 20.7 Å². The summed E-state index contributed by atoms with van der Waals surface area (Å²) in [5, 5.41) is 6.56. The molecule has 14 heteroatoms. The molecule has 0 aliphatic carbocycles. The van der Waals surface area contributed by atoms with Gasteiger partial charge in [-0.05, 0) is 44.4 Å². The van der Waals surface area contributed by atoms with Crippen molar-refractivity contribution < 1.29 is 51.0 Å². The zero-order valence-electron chi connectivity index (χ0n) is 25.0. The number of para-hydroxylation sites is 1. The third kappa shape index (κ3) is 9.61. The van der Waals surface area contributed by atoms with E-state index in [1.807, 2.05) is 0 Å². The van der Waals surface area contributed by atoms with Gasteiger partial charge >= 0.3 is 17.8 Å². The van der Waals surface area contributed by atoms with Gasteiger partial charge in [-0.15, -0.1) is 0 Å². The van der Waals surface area contributed by atoms with E-state index in [-0.39, 0.29) is 25.1 Å². The number of ether oxygens (including phenoxy) is 2. The molecule has 0 saturated heterocycles. The summed E-state index contributed by atoms with van der Waals surface area (Å²) in [5.41, 5.74) is 0.406. The van der Waals surface area contributed by atoms with Crippen LogP contribution in [-0.2, 0) is 35.3 Å². The molecule has 3 aromatic rings. The maximum absolute atomic E-state index is 14.3. The number of aryl methyl sites for hydroxylation is 1. The van der Waals surface area contributed by atoms with E-state index < -0.39 is 82.7 Å². The van der Waals surface area contributed by atoms with E-state index in [2.05, 4.69) is 16.0 Å². The lowest BCUT2D eigenvalue weighted by molar-refractivity contribution is -0.145. The number of Topliss-reactive ketones (excluding diaryl/α,β-unsaturated/α-hetero) is 1. The second-order valence-corrected chi connectivity index (χ2v) is 10.2. The van der Waals surface area contributed by atoms with Gasteiger partial charge in [-0.3, -0.25) is 24.0 Å². The third-order valence-electron chi connectivity index (χ3n) is 6.71. The number of anilines is 1. The van der Waals surface area contributed by atoms with Crippen LogP contribution in [0, 0.1) is 37.1 Å². The van der Waals surface area contributed by atoms with Gasteiger partial charge in [0.2, 0.25) is 11.7 Å². The molecule has 0 aromatic heterocycles. The minimum Gasteiger partial charge on any atom is -0.482 e. The molecule has 3 N–H and O–H groups in total. The molecule has 244 valence electrons. The maximum atomic E-state index is 14.3. The first-order valence-corrected chi connectivity index (χ1v) is 13.9. The van der Waals surface area contributed by atoms with Crippen molar-refractivity contribution >= 4 is 35.2 Å². The lowest BCUT2D eigenvalue weighted by atomic mass is 10.1. The fourth-order valence-electron chi connectivity index (χ4n) is 4.05. The summed E-state index contributed by atoms with van der Waals surface area (Å²) >= 11 is 0. The predicted molar refractivity (Wildman–Crippen MR) is 156 cm³/mol. The fourth-order valence-corrected chi connectivity index (χ4v) is 4.05. The van der Waals surface area contributed by atoms with Gasteiger partial charge in [0.1, 0.15) is 30.9 Å². The molecular weight excluding hydrogens is 614 g/mol. The molecule has 2 atom stereocenters. The van der Waals surface area contributed by atoms with Crippen molar-refractivity contribution in [3.63, 3.8) is 0 Å². The number of halogens is 4. The van der Waals surface area contributed by atoms with Gasteiger partial charge in [-0.1, -0.05) is 42.5 Å². The summed E-state index contributed by atoms with van der Waals surface area (Å²) in [5.74, 6) is -11.0. The van der Waals surface area contributed by atoms with Gasteiger partial charge in [-0.25, -0.2) is 13.2 Å². The zero-order valence-corrected chi connectivity index (χ0v) is 25.0. The Kier molecular flexibility index (Phi) is 12.4. The summed E-state index contributed by atoms with van der Waals surface area (Å²) in [6.45, 7) is 2.78. The summed E-state index contributed by atoms with van der Waals surface area (Å²) < 4.78 is 66.2. The highest BCUT2D eigenvalue weighted by atomic mass is 19.2. The van der Waals surface area contributed by atoms with E-state index in [9.17, 15) is 41.5 Å². The summed E-state index contributed by atoms with van der Waals surface area (Å²) in [6, 6.07) is 10.1. The van der Waals surface area contributed by atoms with Crippen molar-refractivity contribution in [1.29, 1.82) is 0 Å². The SMILES string of the molecule is Cc1cccc(F)c1NC(=O)C(=O)N[C@@H](C)C(=O)N[C@@H](CCC(=O)OCc1ccccc1)C(=O)COc1c(C)c(F)cc(F)c1F. The highest BCUT2D eigenvalue weighted by molar-refractivity contribution is 6.40. The van der Waals surface area contributed by atoms with Crippen LogP contribution >= 0.6 is 0 Å². The minimum atomic E-state index is -1.55. The first-order valence-electron chi connectivity index (χ1n) is 13.9. The Morgan fingerprint density at radius 3 is 2.20 bits per heavy atom. The van der Waals surface area contributed by atoms with Crippen molar-refractivity contribution in [3.8, 4) is 5.75 Å². The van der Waals surface area contributed by atoms with Crippen LogP contribution in [0.3, 0.4) is 0 Å². The number of rotatable bonds is 13. The highest BCUT2D eigenvalue weighted by Crippen LogP contribution is 2.27. The molecule has 10 nitrogen and oxygen atoms in total. The van der Waals surface area contributed by atoms with Crippen LogP contribution in [0.1, 0.15) is 36.5 Å². The normalized spacial score (nSPS) is 12.0. The largest absolute Gasteiger partial charge is 0.482 e. The molecule has 0 aliphatic rings. The number of nitrogens with one attached hydrogen (secondary N) is 3. The molecule has 0 unspecified atom stereocenters. The van der Waals surface area contributed by atoms with Crippen molar-refractivity contribution in [3.05, 3.63) is 94.6 Å². The van der Waals surface area contributed by atoms with Crippen LogP contribution in [-0.4, -0.2) is 48.2 Å². The standard InChI is InChI=1S/C32H31F4N3O7/c1-17-8-7-11-21(33)28(17)39-32(44)31(43)37-19(3)30(42)38-24(12-13-26(41)45-15-20-9-5-4-6-10-20)25(40)16-46-29-18(2)22(34)14-23(35)27(29)36/h4-11,14,19,24H,12-13,15-16H2,1-3H3,(H,37,43)(H,38,42)(H,39,44)/t19-,24-/m0/s1. The quantitative estimate of drug-likeness (QED) is 0.111. The topological polar surface area (TPSA) is 140 Å². The predicted octanol–water partition coefficient (Wildman–Crippen LogP) is 3.96. The van der Waals surface area contributed by atoms with E-state index in [0.29, 0.717) is 17.2 Å². The van der Waals surface area contributed by atoms with Gasteiger partial charge in [0, 0.05) is 18.1 Å². The molecule has 46 heavy (non-hydrogen) atoms. The molecule has 3 rings (SSSR count). The number of carbonyl (C=O) groups is 5. The average molecular weight is 646 g/mol. The zero-order chi connectivity index (χ0) is 34.0. The van der Waals surface area contributed by atoms with Crippen molar-refractivity contribution in [2.45, 2.75) is 52.3 Å². The van der Waals surface area contributed by atoms with Crippen LogP contribution in [0.4, 0.5) is 23.2 Å². The van der Waals surface area contributed by atoms with E-state index >= 15 is 0 Å². The fraction of sp³-hybridized carbons (Fsp3) is 0.281. The monoisotopic (exact) mass is 645 g/mol. The smallest absolute Gasteiger partial charge is 0.313 e. The Bertz CT molecular complexity index is 1570. The Morgan fingerprint density at radius 2 is 1.52 bits per heavy atom. The number of carbonyl (C=O) groups excluding carboxylic acids is 5. The van der Waals surface area contributed by atoms with Crippen LogP contribution in [0.2, 0.25) is 0 Å². The highest BCUT2D eigenvalue weighted by Gasteiger charge is 2.28. The third-order valence-corrected chi connectivity index (χ3v) is 6.71. The Hall–Kier alpha value is -5.27. The number of benzene rings is 3. The Labute approximate surface area is 261 Å². The van der Waals surface area contributed by atoms with E-state index in [1.54, 1.807) is 30.3 Å². The van der Waals surface area contributed by atoms with Gasteiger partial charge in [0.25, 0.3) is 0 Å². The van der Waals surface area contributed by atoms with E-state index in [0.717, 1.165) is 13.0 Å². The number of amides is 3. The summed E-state index contributed by atoms with van der Waals surface area (Å²) in [6.07, 6.45) is -0.717. The van der Waals surface area contributed by atoms with Crippen LogP contribution in [0.25, 0.3) is 0 Å². The molecule has 0 radical (unpaired) electrons. The van der Waals surface area contributed by atoms with Crippen LogP contribution in [0.15, 0.2) is 54.6 Å². The van der Waals surface area contributed by atoms with E-state index in [1.165, 1.54) is 26.0 Å². The van der Waals surface area contributed by atoms with E-state index in [4.69, 9.17) is 9.47 Å². The molecule has 0 aliphatic heterocycles. The molecule has 3 amide bonds. The van der Waals surface area contributed by atoms with Crippen LogP contribution in [0.5, 0.6) is 5.75 Å². The van der Waals surface area contributed by atoms with Gasteiger partial charge in [-0.2, -0.15) is 4.39 Å². The second-order valence-electron chi connectivity index (χ2n) is 10.2. The van der Waals surface area contributed by atoms with Crippen molar-refractivity contribution in [2.75, 3.05) is 11.9 Å². The average Bonchev–Trinajstić information content (AvgIpc) is 3.02. The number of ketones is 1. The van der Waals surface area contributed by atoms with Gasteiger partial charge in [0.05, 0.1) is 11.7 Å². The molecule has 0 saturated carbocycles. The lowest BCUT2D eigenvalue weighted by Gasteiger charge is -2.21. The van der Waals surface area contributed by atoms with Gasteiger partial charge in [0.15, 0.2) is 17.3 Å². The Morgan fingerprint density at radius 1 is 0.826 bits per heavy atom. The molecular formula is C32H31F4N3O7. The minimum absolute atomic E-state index is 0.0605. The second kappa shape index (κ2) is 16.2. The van der Waals surface area contributed by atoms with Crippen molar-refractivity contribution in [1.82, 2.24) is 10.6 Å². The Balaban J connectivity index is 1.67.